The molecule has 0 spiro atoms. The maximum Gasteiger partial charge on any atom is 0.241 e. The summed E-state index contributed by atoms with van der Waals surface area (Å²) in [5.41, 5.74) is 0.815. The van der Waals surface area contributed by atoms with Gasteiger partial charge in [0.25, 0.3) is 0 Å². The summed E-state index contributed by atoms with van der Waals surface area (Å²) in [6.45, 7) is 2.19. The molecule has 1 aliphatic rings. The zero-order valence-corrected chi connectivity index (χ0v) is 13.4. The maximum atomic E-state index is 13.2. The second-order valence-corrected chi connectivity index (χ2v) is 5.92. The number of carbonyl (C=O) groups excluding carboxylic acids is 1. The third-order valence-electron chi connectivity index (χ3n) is 4.23. The lowest BCUT2D eigenvalue weighted by molar-refractivity contribution is -0.127. The van der Waals surface area contributed by atoms with Gasteiger partial charge in [0.1, 0.15) is 11.9 Å². The van der Waals surface area contributed by atoms with Gasteiger partial charge in [-0.2, -0.15) is 5.21 Å². The van der Waals surface area contributed by atoms with Crippen LogP contribution in [0.4, 0.5) is 4.39 Å². The van der Waals surface area contributed by atoms with Gasteiger partial charge in [-0.25, -0.2) is 4.39 Å². The molecule has 1 atom stereocenters. The van der Waals surface area contributed by atoms with Gasteiger partial charge >= 0.3 is 0 Å². The average molecular weight is 332 g/mol. The monoisotopic (exact) mass is 332 g/mol. The number of rotatable bonds is 6. The van der Waals surface area contributed by atoms with Gasteiger partial charge in [0, 0.05) is 13.0 Å². The number of aromatic nitrogens is 4. The van der Waals surface area contributed by atoms with Crippen LogP contribution in [0.5, 0.6) is 0 Å². The summed E-state index contributed by atoms with van der Waals surface area (Å²) < 4.78 is 13.2. The number of tetrazole rings is 1. The largest absolute Gasteiger partial charge is 0.354 e. The zero-order valence-electron chi connectivity index (χ0n) is 13.4. The van der Waals surface area contributed by atoms with E-state index >= 15 is 0 Å². The van der Waals surface area contributed by atoms with Crippen LogP contribution >= 0.6 is 0 Å². The van der Waals surface area contributed by atoms with Crippen LogP contribution < -0.4 is 5.32 Å². The van der Waals surface area contributed by atoms with Crippen LogP contribution in [0.25, 0.3) is 0 Å². The summed E-state index contributed by atoms with van der Waals surface area (Å²) in [5.74, 6) is 0.187. The number of nitrogens with one attached hydrogen (secondary N) is 2. The van der Waals surface area contributed by atoms with Crippen LogP contribution in [-0.4, -0.2) is 51.1 Å². The molecule has 1 fully saturated rings. The number of hydrogen-bond donors (Lipinski definition) is 2. The normalized spacial score (nSPS) is 16.7. The molecule has 0 radical (unpaired) electrons. The number of H-pyrrole nitrogens is 1. The predicted molar refractivity (Wildman–Crippen MR) is 85.5 cm³/mol. The molecule has 8 heteroatoms. The fraction of sp³-hybridized carbons (Fsp3) is 0.500. The zero-order chi connectivity index (χ0) is 16.8. The van der Waals surface area contributed by atoms with E-state index in [4.69, 9.17) is 0 Å². The third kappa shape index (κ3) is 4.14. The highest BCUT2D eigenvalue weighted by molar-refractivity contribution is 5.83. The Hall–Kier alpha value is -2.35. The highest BCUT2D eigenvalue weighted by Crippen LogP contribution is 2.25. The van der Waals surface area contributed by atoms with Crippen molar-refractivity contribution < 1.29 is 9.18 Å². The minimum atomic E-state index is -0.392. The van der Waals surface area contributed by atoms with Gasteiger partial charge in [-0.3, -0.25) is 9.69 Å². The van der Waals surface area contributed by atoms with Crippen molar-refractivity contribution in [1.82, 2.24) is 30.8 Å². The number of likely N-dealkylation sites (tertiary alicyclic amines) is 1. The lowest BCUT2D eigenvalue weighted by Gasteiger charge is -2.33. The number of nitrogens with zero attached hydrogens (tertiary/aromatic N) is 4. The van der Waals surface area contributed by atoms with Gasteiger partial charge in [0.15, 0.2) is 5.82 Å². The molecule has 1 aromatic carbocycles. The minimum absolute atomic E-state index is 0.0768. The Kier molecular flexibility index (Phi) is 5.47. The van der Waals surface area contributed by atoms with Gasteiger partial charge in [0.05, 0.1) is 0 Å². The molecule has 3 rings (SSSR count). The first-order valence-electron chi connectivity index (χ1n) is 8.23. The van der Waals surface area contributed by atoms with Gasteiger partial charge < -0.3 is 5.32 Å². The van der Waals surface area contributed by atoms with Crippen molar-refractivity contribution in [2.24, 2.45) is 0 Å². The SMILES string of the molecule is O=C(NCCc1nn[nH]n1)[C@@H](c1ccc(F)cc1)N1CCCCC1. The quantitative estimate of drug-likeness (QED) is 0.831. The Morgan fingerprint density at radius 1 is 1.25 bits per heavy atom. The summed E-state index contributed by atoms with van der Waals surface area (Å²) in [6.07, 6.45) is 3.85. The predicted octanol–water partition coefficient (Wildman–Crippen LogP) is 1.22. The van der Waals surface area contributed by atoms with Crippen LogP contribution in [0.3, 0.4) is 0 Å². The Labute approximate surface area is 139 Å². The molecule has 1 saturated heterocycles. The van der Waals surface area contributed by atoms with Crippen molar-refractivity contribution >= 4 is 5.91 Å². The third-order valence-corrected chi connectivity index (χ3v) is 4.23. The van der Waals surface area contributed by atoms with Crippen LogP contribution in [0.2, 0.25) is 0 Å². The molecule has 1 amide bonds. The van der Waals surface area contributed by atoms with E-state index in [-0.39, 0.29) is 11.7 Å². The number of benzene rings is 1. The molecule has 7 nitrogen and oxygen atoms in total. The topological polar surface area (TPSA) is 86.8 Å². The molecule has 24 heavy (non-hydrogen) atoms. The van der Waals surface area contributed by atoms with E-state index in [1.54, 1.807) is 12.1 Å². The highest BCUT2D eigenvalue weighted by Gasteiger charge is 2.28. The first-order chi connectivity index (χ1) is 11.7. The van der Waals surface area contributed by atoms with Gasteiger partial charge in [0.2, 0.25) is 5.91 Å². The van der Waals surface area contributed by atoms with Gasteiger partial charge in [-0.05, 0) is 43.6 Å². The molecule has 0 bridgehead atoms. The van der Waals surface area contributed by atoms with E-state index in [9.17, 15) is 9.18 Å². The summed E-state index contributed by atoms with van der Waals surface area (Å²) in [4.78, 5) is 14.9. The lowest BCUT2D eigenvalue weighted by Crippen LogP contribution is -2.43. The molecule has 2 heterocycles. The summed E-state index contributed by atoms with van der Waals surface area (Å²) in [6, 6.07) is 5.79. The summed E-state index contributed by atoms with van der Waals surface area (Å²) in [5, 5.41) is 16.5. The van der Waals surface area contributed by atoms with E-state index in [0.717, 1.165) is 31.5 Å². The molecule has 2 aromatic rings. The number of aromatic amines is 1. The van der Waals surface area contributed by atoms with E-state index < -0.39 is 6.04 Å². The van der Waals surface area contributed by atoms with Crippen molar-refractivity contribution in [3.8, 4) is 0 Å². The first kappa shape index (κ1) is 16.5. The molecule has 0 aliphatic carbocycles. The van der Waals surface area contributed by atoms with Crippen molar-refractivity contribution in [2.75, 3.05) is 19.6 Å². The fourth-order valence-electron chi connectivity index (χ4n) is 3.03. The Bertz CT molecular complexity index is 639. The second-order valence-electron chi connectivity index (χ2n) is 5.92. The molecular weight excluding hydrogens is 311 g/mol. The molecule has 0 unspecified atom stereocenters. The highest BCUT2D eigenvalue weighted by atomic mass is 19.1. The Morgan fingerprint density at radius 3 is 2.67 bits per heavy atom. The summed E-state index contributed by atoms with van der Waals surface area (Å²) in [7, 11) is 0. The number of halogens is 1. The minimum Gasteiger partial charge on any atom is -0.354 e. The van der Waals surface area contributed by atoms with Crippen LogP contribution in [0, 0.1) is 5.82 Å². The number of hydrogen-bond acceptors (Lipinski definition) is 5. The van der Waals surface area contributed by atoms with E-state index in [2.05, 4.69) is 30.8 Å². The standard InChI is InChI=1S/C16H21FN6O/c17-13-6-4-12(5-7-13)15(23-10-2-1-3-11-23)16(24)18-9-8-14-19-21-22-20-14/h4-7,15H,1-3,8-11H2,(H,18,24)(H,19,20,21,22)/t15-/m1/s1. The first-order valence-corrected chi connectivity index (χ1v) is 8.23. The van der Waals surface area contributed by atoms with Gasteiger partial charge in [-0.1, -0.05) is 23.8 Å². The second kappa shape index (κ2) is 7.96. The number of carbonyl (C=O) groups is 1. The Balaban J connectivity index is 1.68. The van der Waals surface area contributed by atoms with Crippen LogP contribution in [0.1, 0.15) is 36.7 Å². The van der Waals surface area contributed by atoms with Gasteiger partial charge in [-0.15, -0.1) is 10.2 Å². The molecule has 2 N–H and O–H groups in total. The Morgan fingerprint density at radius 2 is 2.00 bits per heavy atom. The van der Waals surface area contributed by atoms with E-state index in [1.165, 1.54) is 18.6 Å². The maximum absolute atomic E-state index is 13.2. The molecule has 0 saturated carbocycles. The average Bonchev–Trinajstić information content (AvgIpc) is 3.11. The number of piperidine rings is 1. The van der Waals surface area contributed by atoms with Crippen LogP contribution in [-0.2, 0) is 11.2 Å². The molecule has 128 valence electrons. The summed E-state index contributed by atoms with van der Waals surface area (Å²) >= 11 is 0. The lowest BCUT2D eigenvalue weighted by atomic mass is 10.0. The van der Waals surface area contributed by atoms with Crippen molar-refractivity contribution in [1.29, 1.82) is 0 Å². The van der Waals surface area contributed by atoms with E-state index in [1.807, 2.05) is 0 Å². The van der Waals surface area contributed by atoms with Crippen LogP contribution in [0.15, 0.2) is 24.3 Å². The molecule has 1 aromatic heterocycles. The molecule has 1 aliphatic heterocycles. The molecular formula is C16H21FN6O. The van der Waals surface area contributed by atoms with E-state index in [0.29, 0.717) is 18.8 Å². The van der Waals surface area contributed by atoms with Crippen molar-refractivity contribution in [2.45, 2.75) is 31.7 Å². The number of amides is 1. The van der Waals surface area contributed by atoms with Crippen molar-refractivity contribution in [3.05, 3.63) is 41.5 Å². The fourth-order valence-corrected chi connectivity index (χ4v) is 3.03. The van der Waals surface area contributed by atoms with Crippen molar-refractivity contribution in [3.63, 3.8) is 0 Å². The smallest absolute Gasteiger partial charge is 0.241 e.